The van der Waals surface area contributed by atoms with Crippen LogP contribution in [0.1, 0.15) is 39.5 Å². The molecule has 1 aromatic rings. The van der Waals surface area contributed by atoms with E-state index in [-0.39, 0.29) is 18.2 Å². The highest BCUT2D eigenvalue weighted by atomic mass is 127. The van der Waals surface area contributed by atoms with E-state index in [0.29, 0.717) is 12.1 Å². The highest BCUT2D eigenvalue weighted by Crippen LogP contribution is 2.11. The van der Waals surface area contributed by atoms with Crippen molar-refractivity contribution in [2.45, 2.75) is 39.5 Å². The molecule has 0 bridgehead atoms. The van der Waals surface area contributed by atoms with Crippen LogP contribution in [0.4, 0.5) is 5.69 Å². The van der Waals surface area contributed by atoms with Gasteiger partial charge in [-0.05, 0) is 60.2 Å². The highest BCUT2D eigenvalue weighted by molar-refractivity contribution is 14.1. The molecule has 2 amide bonds. The molecule has 5 nitrogen and oxygen atoms in total. The molecule has 0 aliphatic heterocycles. The number of benzene rings is 1. The topological polar surface area (TPSA) is 70.6 Å². The fourth-order valence-electron chi connectivity index (χ4n) is 1.56. The molecule has 1 rings (SSSR count). The molecule has 2 N–H and O–H groups in total. The fraction of sp³-hybridized carbons (Fsp3) is 0.400. The van der Waals surface area contributed by atoms with Crippen LogP contribution in [0.2, 0.25) is 0 Å². The molecular weight excluding hydrogens is 381 g/mol. The molecule has 0 heterocycles. The molecule has 0 unspecified atom stereocenters. The normalized spacial score (nSPS) is 11.1. The highest BCUT2D eigenvalue weighted by Gasteiger charge is 2.05. The predicted molar refractivity (Wildman–Crippen MR) is 93.2 cm³/mol. The maximum Gasteiger partial charge on any atom is 0.240 e. The minimum atomic E-state index is -0.153. The molecule has 1 aromatic carbocycles. The second-order valence-electron chi connectivity index (χ2n) is 4.72. The van der Waals surface area contributed by atoms with E-state index in [4.69, 9.17) is 0 Å². The van der Waals surface area contributed by atoms with E-state index < -0.39 is 0 Å². The van der Waals surface area contributed by atoms with Gasteiger partial charge in [0.1, 0.15) is 0 Å². The lowest BCUT2D eigenvalue weighted by Gasteiger charge is -2.05. The maximum atomic E-state index is 11.8. The van der Waals surface area contributed by atoms with E-state index in [2.05, 4.69) is 38.4 Å². The molecule has 0 aliphatic carbocycles. The third-order valence-electron chi connectivity index (χ3n) is 2.67. The number of halogens is 1. The number of hydrogen-bond donors (Lipinski definition) is 2. The molecule has 0 spiro atoms. The van der Waals surface area contributed by atoms with Gasteiger partial charge in [-0.25, -0.2) is 5.43 Å². The Morgan fingerprint density at radius 2 is 1.86 bits per heavy atom. The quantitative estimate of drug-likeness (QED) is 0.418. The summed E-state index contributed by atoms with van der Waals surface area (Å²) in [5, 5.41) is 6.71. The van der Waals surface area contributed by atoms with Crippen LogP contribution in [-0.4, -0.2) is 17.5 Å². The molecule has 0 atom stereocenters. The first-order chi connectivity index (χ1) is 10.0. The van der Waals surface area contributed by atoms with Gasteiger partial charge in [0.25, 0.3) is 0 Å². The van der Waals surface area contributed by atoms with Gasteiger partial charge in [0.15, 0.2) is 0 Å². The van der Waals surface area contributed by atoms with Crippen molar-refractivity contribution < 1.29 is 9.59 Å². The van der Waals surface area contributed by atoms with Crippen molar-refractivity contribution >= 4 is 45.8 Å². The first kappa shape index (κ1) is 17.6. The van der Waals surface area contributed by atoms with Gasteiger partial charge in [0.05, 0.1) is 6.42 Å². The van der Waals surface area contributed by atoms with E-state index in [1.807, 2.05) is 31.2 Å². The second kappa shape index (κ2) is 9.49. The average Bonchev–Trinajstić information content (AvgIpc) is 2.45. The lowest BCUT2D eigenvalue weighted by Crippen LogP contribution is -2.21. The number of rotatable bonds is 7. The number of carbonyl (C=O) groups is 2. The summed E-state index contributed by atoms with van der Waals surface area (Å²) in [7, 11) is 0. The number of amides is 2. The number of hydrogen-bond acceptors (Lipinski definition) is 3. The molecule has 6 heteroatoms. The molecule has 0 fully saturated rings. The Morgan fingerprint density at radius 1 is 1.19 bits per heavy atom. The first-order valence-corrected chi connectivity index (χ1v) is 7.96. The summed E-state index contributed by atoms with van der Waals surface area (Å²) in [6.07, 6.45) is 2.42. The standard InChI is InChI=1S/C15H20IN3O2/c1-3-4-5-14(20)19-18-11(2)10-15(21)17-13-8-6-12(16)7-9-13/h6-9H,3-5,10H2,1-2H3,(H,17,21)(H,19,20)/b18-11+. The molecule has 0 aliphatic rings. The SMILES string of the molecule is CCCCC(=O)N/N=C(\C)CC(=O)Nc1ccc(I)cc1. The number of nitrogens with one attached hydrogen (secondary N) is 2. The van der Waals surface area contributed by atoms with Gasteiger partial charge in [0, 0.05) is 21.4 Å². The van der Waals surface area contributed by atoms with Crippen molar-refractivity contribution in [3.63, 3.8) is 0 Å². The molecule has 114 valence electrons. The summed E-state index contributed by atoms with van der Waals surface area (Å²) >= 11 is 2.20. The van der Waals surface area contributed by atoms with Crippen LogP contribution >= 0.6 is 22.6 Å². The molecule has 0 radical (unpaired) electrons. The van der Waals surface area contributed by atoms with Gasteiger partial charge in [-0.2, -0.15) is 5.10 Å². The number of carbonyl (C=O) groups excluding carboxylic acids is 2. The molecule has 0 saturated heterocycles. The third kappa shape index (κ3) is 7.79. The van der Waals surface area contributed by atoms with Crippen molar-refractivity contribution in [2.75, 3.05) is 5.32 Å². The Bertz CT molecular complexity index is 512. The summed E-state index contributed by atoms with van der Waals surface area (Å²) in [6.45, 7) is 3.74. The van der Waals surface area contributed by atoms with Gasteiger partial charge < -0.3 is 5.32 Å². The van der Waals surface area contributed by atoms with E-state index in [0.717, 1.165) is 22.1 Å². The second-order valence-corrected chi connectivity index (χ2v) is 5.96. The van der Waals surface area contributed by atoms with Crippen LogP contribution in [0.15, 0.2) is 29.4 Å². The van der Waals surface area contributed by atoms with E-state index >= 15 is 0 Å². The van der Waals surface area contributed by atoms with Gasteiger partial charge in [-0.3, -0.25) is 9.59 Å². The van der Waals surface area contributed by atoms with E-state index in [9.17, 15) is 9.59 Å². The smallest absolute Gasteiger partial charge is 0.240 e. The van der Waals surface area contributed by atoms with Gasteiger partial charge in [-0.1, -0.05) is 13.3 Å². The first-order valence-electron chi connectivity index (χ1n) is 6.88. The monoisotopic (exact) mass is 401 g/mol. The van der Waals surface area contributed by atoms with E-state index in [1.54, 1.807) is 6.92 Å². The van der Waals surface area contributed by atoms with Crippen molar-refractivity contribution in [1.82, 2.24) is 5.43 Å². The van der Waals surface area contributed by atoms with E-state index in [1.165, 1.54) is 0 Å². The number of anilines is 1. The Morgan fingerprint density at radius 3 is 2.48 bits per heavy atom. The van der Waals surface area contributed by atoms with Gasteiger partial charge >= 0.3 is 0 Å². The molecule has 0 saturated carbocycles. The largest absolute Gasteiger partial charge is 0.326 e. The van der Waals surface area contributed by atoms with Crippen LogP contribution in [0.3, 0.4) is 0 Å². The predicted octanol–water partition coefficient (Wildman–Crippen LogP) is 3.30. The summed E-state index contributed by atoms with van der Waals surface area (Å²) in [4.78, 5) is 23.2. The Hall–Kier alpha value is -1.44. The Kier molecular flexibility index (Phi) is 7.96. The number of nitrogens with zero attached hydrogens (tertiary/aromatic N) is 1. The Labute approximate surface area is 138 Å². The molecule has 0 aromatic heterocycles. The maximum absolute atomic E-state index is 11.8. The van der Waals surface area contributed by atoms with Crippen molar-refractivity contribution in [1.29, 1.82) is 0 Å². The summed E-state index contributed by atoms with van der Waals surface area (Å²) < 4.78 is 1.11. The third-order valence-corrected chi connectivity index (χ3v) is 3.39. The minimum Gasteiger partial charge on any atom is -0.326 e. The van der Waals surface area contributed by atoms with Crippen molar-refractivity contribution in [2.24, 2.45) is 5.10 Å². The van der Waals surface area contributed by atoms with Crippen LogP contribution in [0, 0.1) is 3.57 Å². The zero-order valence-electron chi connectivity index (χ0n) is 12.3. The number of hydrazone groups is 1. The summed E-state index contributed by atoms with van der Waals surface area (Å²) in [6, 6.07) is 7.54. The van der Waals surface area contributed by atoms with Crippen molar-refractivity contribution in [3.05, 3.63) is 27.8 Å². The zero-order chi connectivity index (χ0) is 15.7. The summed E-state index contributed by atoms with van der Waals surface area (Å²) in [5.74, 6) is -0.269. The van der Waals surface area contributed by atoms with Crippen LogP contribution in [-0.2, 0) is 9.59 Å². The zero-order valence-corrected chi connectivity index (χ0v) is 14.4. The van der Waals surface area contributed by atoms with Gasteiger partial charge in [-0.15, -0.1) is 0 Å². The number of unbranched alkanes of at least 4 members (excludes halogenated alkanes) is 1. The van der Waals surface area contributed by atoms with Crippen LogP contribution in [0.5, 0.6) is 0 Å². The lowest BCUT2D eigenvalue weighted by molar-refractivity contribution is -0.121. The van der Waals surface area contributed by atoms with Crippen LogP contribution in [0.25, 0.3) is 0 Å². The van der Waals surface area contributed by atoms with Crippen molar-refractivity contribution in [3.8, 4) is 0 Å². The molecular formula is C15H20IN3O2. The minimum absolute atomic E-state index is 0.116. The summed E-state index contributed by atoms with van der Waals surface area (Å²) in [5.41, 5.74) is 3.78. The van der Waals surface area contributed by atoms with Gasteiger partial charge in [0.2, 0.25) is 11.8 Å². The van der Waals surface area contributed by atoms with Crippen LogP contribution < -0.4 is 10.7 Å². The Balaban J connectivity index is 2.39. The molecule has 21 heavy (non-hydrogen) atoms. The lowest BCUT2D eigenvalue weighted by atomic mass is 10.2. The fourth-order valence-corrected chi connectivity index (χ4v) is 1.92. The average molecular weight is 401 g/mol.